The minimum absolute atomic E-state index is 0.0374. The van der Waals surface area contributed by atoms with Crippen LogP contribution >= 0.6 is 0 Å². The van der Waals surface area contributed by atoms with Crippen LogP contribution in [0.5, 0.6) is 0 Å². The van der Waals surface area contributed by atoms with Gasteiger partial charge in [0.2, 0.25) is 5.91 Å². The second-order valence-electron chi connectivity index (χ2n) is 8.02. The van der Waals surface area contributed by atoms with Crippen molar-refractivity contribution in [2.45, 2.75) is 32.9 Å². The lowest BCUT2D eigenvalue weighted by molar-refractivity contribution is -0.126. The molecule has 2 saturated heterocycles. The highest BCUT2D eigenvalue weighted by Gasteiger charge is 2.46. The lowest BCUT2D eigenvalue weighted by Gasteiger charge is -2.33. The van der Waals surface area contributed by atoms with E-state index in [0.717, 1.165) is 25.2 Å². The molecule has 2 aliphatic rings. The molecule has 1 atom stereocenters. The van der Waals surface area contributed by atoms with Crippen molar-refractivity contribution in [2.24, 2.45) is 5.41 Å². The predicted molar refractivity (Wildman–Crippen MR) is 99.4 cm³/mol. The Labute approximate surface area is 155 Å². The second-order valence-corrected chi connectivity index (χ2v) is 8.02. The summed E-state index contributed by atoms with van der Waals surface area (Å²) < 4.78 is 0. The smallest absolute Gasteiger partial charge is 0.317 e. The van der Waals surface area contributed by atoms with Crippen molar-refractivity contribution in [1.82, 2.24) is 25.0 Å². The van der Waals surface area contributed by atoms with Crippen molar-refractivity contribution >= 4 is 11.9 Å². The van der Waals surface area contributed by atoms with E-state index in [1.54, 1.807) is 11.1 Å². The third-order valence-electron chi connectivity index (χ3n) is 5.12. The van der Waals surface area contributed by atoms with Crippen LogP contribution < -0.4 is 5.32 Å². The second kappa shape index (κ2) is 7.61. The molecule has 1 spiro atoms. The highest BCUT2D eigenvalue weighted by atomic mass is 16.2. The summed E-state index contributed by atoms with van der Waals surface area (Å²) in [7, 11) is 1.85. The molecule has 1 N–H and O–H groups in total. The average Bonchev–Trinajstić information content (AvgIpc) is 2.74. The van der Waals surface area contributed by atoms with Crippen LogP contribution in [0.4, 0.5) is 4.79 Å². The number of nitrogens with one attached hydrogen (secondary N) is 1. The van der Waals surface area contributed by atoms with E-state index in [2.05, 4.69) is 21.3 Å². The molecule has 3 heterocycles. The molecule has 7 heteroatoms. The van der Waals surface area contributed by atoms with Crippen molar-refractivity contribution in [2.75, 3.05) is 39.8 Å². The topological polar surface area (TPSA) is 68.8 Å². The van der Waals surface area contributed by atoms with Gasteiger partial charge in [0.25, 0.3) is 0 Å². The largest absolute Gasteiger partial charge is 0.345 e. The van der Waals surface area contributed by atoms with Gasteiger partial charge in [0, 0.05) is 76.6 Å². The first kappa shape index (κ1) is 18.6. The first-order valence-electron chi connectivity index (χ1n) is 9.28. The normalized spacial score (nSPS) is 24.4. The molecule has 142 valence electrons. The molecule has 1 aromatic heterocycles. The Morgan fingerprint density at radius 3 is 2.73 bits per heavy atom. The third-order valence-corrected chi connectivity index (χ3v) is 5.12. The molecule has 26 heavy (non-hydrogen) atoms. The van der Waals surface area contributed by atoms with E-state index in [4.69, 9.17) is 0 Å². The zero-order chi connectivity index (χ0) is 18.7. The number of carbonyl (C=O) groups is 2. The minimum atomic E-state index is -0.209. The number of hydrogen-bond acceptors (Lipinski definition) is 4. The Bertz CT molecular complexity index is 651. The molecule has 3 rings (SSSR count). The van der Waals surface area contributed by atoms with Gasteiger partial charge >= 0.3 is 6.03 Å². The molecule has 0 aromatic carbocycles. The first-order valence-corrected chi connectivity index (χ1v) is 9.28. The summed E-state index contributed by atoms with van der Waals surface area (Å²) in [5.74, 6) is 0.164. The molecule has 1 aromatic rings. The van der Waals surface area contributed by atoms with Gasteiger partial charge in [-0.15, -0.1) is 0 Å². The van der Waals surface area contributed by atoms with Gasteiger partial charge in [0.1, 0.15) is 0 Å². The van der Waals surface area contributed by atoms with E-state index >= 15 is 0 Å². The number of likely N-dealkylation sites (tertiary alicyclic amines) is 1. The highest BCUT2D eigenvalue weighted by molar-refractivity contribution is 5.80. The number of nitrogens with zero attached hydrogens (tertiary/aromatic N) is 4. The van der Waals surface area contributed by atoms with E-state index < -0.39 is 0 Å². The SMILES string of the molecule is CC(C)NC(=O)N1CCN(Cc2cccnc2)C[C@]2(CC(=O)N(C)C2)C1. The monoisotopic (exact) mass is 359 g/mol. The van der Waals surface area contributed by atoms with Crippen LogP contribution in [0, 0.1) is 5.41 Å². The maximum atomic E-state index is 12.6. The number of amides is 3. The third kappa shape index (κ3) is 4.33. The Morgan fingerprint density at radius 1 is 1.31 bits per heavy atom. The number of carbonyl (C=O) groups excluding carboxylic acids is 2. The van der Waals surface area contributed by atoms with Crippen LogP contribution in [0.15, 0.2) is 24.5 Å². The summed E-state index contributed by atoms with van der Waals surface area (Å²) in [5, 5.41) is 2.99. The van der Waals surface area contributed by atoms with Gasteiger partial charge in [0.05, 0.1) is 0 Å². The average molecular weight is 359 g/mol. The van der Waals surface area contributed by atoms with Crippen LogP contribution in [-0.4, -0.2) is 77.4 Å². The summed E-state index contributed by atoms with van der Waals surface area (Å²) in [6.45, 7) is 8.29. The molecule has 2 fully saturated rings. The van der Waals surface area contributed by atoms with Crippen molar-refractivity contribution in [3.63, 3.8) is 0 Å². The van der Waals surface area contributed by atoms with Crippen molar-refractivity contribution < 1.29 is 9.59 Å². The standard InChI is InChI=1S/C19H29N5O2/c1-15(2)21-18(26)24-8-7-23(11-16-5-4-6-20-10-16)13-19(14-24)9-17(25)22(3)12-19/h4-6,10,15H,7-9,11-14H2,1-3H3,(H,21,26)/t19-/m1/s1. The Balaban J connectivity index is 1.78. The van der Waals surface area contributed by atoms with E-state index in [0.29, 0.717) is 26.1 Å². The van der Waals surface area contributed by atoms with Crippen LogP contribution in [0.2, 0.25) is 0 Å². The van der Waals surface area contributed by atoms with Gasteiger partial charge in [0.15, 0.2) is 0 Å². The predicted octanol–water partition coefficient (Wildman–Crippen LogP) is 1.17. The Morgan fingerprint density at radius 2 is 2.12 bits per heavy atom. The fourth-order valence-electron chi connectivity index (χ4n) is 4.06. The van der Waals surface area contributed by atoms with Gasteiger partial charge in [-0.25, -0.2) is 4.79 Å². The van der Waals surface area contributed by atoms with E-state index in [1.807, 2.05) is 38.1 Å². The fraction of sp³-hybridized carbons (Fsp3) is 0.632. The van der Waals surface area contributed by atoms with Crippen molar-refractivity contribution in [3.8, 4) is 0 Å². The molecule has 0 unspecified atom stereocenters. The van der Waals surface area contributed by atoms with Gasteiger partial charge in [-0.05, 0) is 25.5 Å². The lowest BCUT2D eigenvalue weighted by Crippen LogP contribution is -2.48. The number of pyridine rings is 1. The van der Waals surface area contributed by atoms with Crippen LogP contribution in [-0.2, 0) is 11.3 Å². The molecule has 0 bridgehead atoms. The quantitative estimate of drug-likeness (QED) is 0.880. The van der Waals surface area contributed by atoms with E-state index in [9.17, 15) is 9.59 Å². The molecule has 0 radical (unpaired) electrons. The summed E-state index contributed by atoms with van der Waals surface area (Å²) in [6.07, 6.45) is 4.15. The molecular weight excluding hydrogens is 330 g/mol. The molecule has 0 aliphatic carbocycles. The van der Waals surface area contributed by atoms with Crippen molar-refractivity contribution in [1.29, 1.82) is 0 Å². The van der Waals surface area contributed by atoms with Crippen molar-refractivity contribution in [3.05, 3.63) is 30.1 Å². The van der Waals surface area contributed by atoms with Gasteiger partial charge in [-0.2, -0.15) is 0 Å². The first-order chi connectivity index (χ1) is 12.4. The van der Waals surface area contributed by atoms with Crippen LogP contribution in [0.1, 0.15) is 25.8 Å². The minimum Gasteiger partial charge on any atom is -0.345 e. The molecule has 3 amide bonds. The van der Waals surface area contributed by atoms with Crippen LogP contribution in [0.3, 0.4) is 0 Å². The summed E-state index contributed by atoms with van der Waals surface area (Å²) >= 11 is 0. The van der Waals surface area contributed by atoms with Crippen LogP contribution in [0.25, 0.3) is 0 Å². The van der Waals surface area contributed by atoms with Gasteiger partial charge in [-0.3, -0.25) is 14.7 Å². The maximum absolute atomic E-state index is 12.6. The number of rotatable bonds is 3. The highest BCUT2D eigenvalue weighted by Crippen LogP contribution is 2.34. The Kier molecular flexibility index (Phi) is 5.46. The van der Waals surface area contributed by atoms with Gasteiger partial charge < -0.3 is 15.1 Å². The van der Waals surface area contributed by atoms with E-state index in [1.165, 1.54) is 0 Å². The Hall–Kier alpha value is -2.15. The zero-order valence-corrected chi connectivity index (χ0v) is 15.9. The number of urea groups is 1. The number of hydrogen-bond donors (Lipinski definition) is 1. The van der Waals surface area contributed by atoms with Gasteiger partial charge in [-0.1, -0.05) is 6.07 Å². The molecular formula is C19H29N5O2. The summed E-state index contributed by atoms with van der Waals surface area (Å²) in [5.41, 5.74) is 0.944. The molecule has 7 nitrogen and oxygen atoms in total. The molecule has 0 saturated carbocycles. The zero-order valence-electron chi connectivity index (χ0n) is 15.9. The van der Waals surface area contributed by atoms with E-state index in [-0.39, 0.29) is 23.4 Å². The summed E-state index contributed by atoms with van der Waals surface area (Å²) in [4.78, 5) is 35.1. The number of aromatic nitrogens is 1. The molecule has 2 aliphatic heterocycles. The summed E-state index contributed by atoms with van der Waals surface area (Å²) in [6, 6.07) is 4.07. The maximum Gasteiger partial charge on any atom is 0.317 e. The lowest BCUT2D eigenvalue weighted by atomic mass is 9.86. The fourth-order valence-corrected chi connectivity index (χ4v) is 4.06.